The van der Waals surface area contributed by atoms with Crippen molar-refractivity contribution in [2.24, 2.45) is 5.92 Å². The van der Waals surface area contributed by atoms with Crippen LogP contribution in [0, 0.1) is 19.8 Å². The topological polar surface area (TPSA) is 96.4 Å². The van der Waals surface area contributed by atoms with Crippen LogP contribution in [0.4, 0.5) is 10.8 Å². The van der Waals surface area contributed by atoms with Gasteiger partial charge in [-0.2, -0.15) is 0 Å². The predicted octanol–water partition coefficient (Wildman–Crippen LogP) is 3.31. The van der Waals surface area contributed by atoms with E-state index in [9.17, 15) is 18.0 Å². The number of thiazole rings is 1. The van der Waals surface area contributed by atoms with Crippen LogP contribution in [0.2, 0.25) is 0 Å². The van der Waals surface area contributed by atoms with E-state index in [2.05, 4.69) is 10.3 Å². The fourth-order valence-corrected chi connectivity index (χ4v) is 5.15. The third-order valence-corrected chi connectivity index (χ3v) is 7.21. The summed E-state index contributed by atoms with van der Waals surface area (Å²) in [7, 11) is -3.32. The maximum absolute atomic E-state index is 12.8. The molecule has 2 aromatic carbocycles. The Morgan fingerprint density at radius 3 is 2.70 bits per heavy atom. The molecule has 0 bridgehead atoms. The molecule has 9 heteroatoms. The van der Waals surface area contributed by atoms with Gasteiger partial charge in [-0.1, -0.05) is 23.5 Å². The van der Waals surface area contributed by atoms with Crippen LogP contribution >= 0.6 is 11.3 Å². The van der Waals surface area contributed by atoms with Gasteiger partial charge in [0, 0.05) is 24.9 Å². The molecule has 2 amide bonds. The van der Waals surface area contributed by atoms with Crippen molar-refractivity contribution in [3.63, 3.8) is 0 Å². The first-order chi connectivity index (χ1) is 14.1. The van der Waals surface area contributed by atoms with Crippen molar-refractivity contribution < 1.29 is 18.0 Å². The summed E-state index contributed by atoms with van der Waals surface area (Å²) in [4.78, 5) is 31.6. The van der Waals surface area contributed by atoms with E-state index in [0.29, 0.717) is 21.9 Å². The first-order valence-electron chi connectivity index (χ1n) is 9.41. The van der Waals surface area contributed by atoms with Crippen molar-refractivity contribution in [1.82, 2.24) is 4.98 Å². The minimum absolute atomic E-state index is 0.0778. The molecule has 1 aliphatic rings. The Balaban J connectivity index is 1.52. The lowest BCUT2D eigenvalue weighted by atomic mass is 10.1. The van der Waals surface area contributed by atoms with E-state index in [4.69, 9.17) is 0 Å². The number of sulfone groups is 1. The van der Waals surface area contributed by atoms with Gasteiger partial charge in [0.1, 0.15) is 0 Å². The van der Waals surface area contributed by atoms with Gasteiger partial charge in [-0.25, -0.2) is 13.4 Å². The summed E-state index contributed by atoms with van der Waals surface area (Å²) in [6.45, 7) is 4.23. The molecule has 1 aliphatic heterocycles. The number of aryl methyl sites for hydroxylation is 2. The number of rotatable bonds is 4. The van der Waals surface area contributed by atoms with Crippen LogP contribution in [0.5, 0.6) is 0 Å². The summed E-state index contributed by atoms with van der Waals surface area (Å²) in [5, 5.41) is 3.18. The number of hydrogen-bond acceptors (Lipinski definition) is 6. The summed E-state index contributed by atoms with van der Waals surface area (Å²) < 4.78 is 24.1. The Bertz CT molecular complexity index is 1280. The highest BCUT2D eigenvalue weighted by Crippen LogP contribution is 2.31. The summed E-state index contributed by atoms with van der Waals surface area (Å²) >= 11 is 1.21. The lowest BCUT2D eigenvalue weighted by Crippen LogP contribution is -2.28. The summed E-state index contributed by atoms with van der Waals surface area (Å²) in [6.07, 6.45) is 1.29. The van der Waals surface area contributed by atoms with E-state index in [1.807, 2.05) is 32.0 Å². The van der Waals surface area contributed by atoms with Crippen LogP contribution in [0.15, 0.2) is 41.3 Å². The van der Waals surface area contributed by atoms with E-state index in [0.717, 1.165) is 23.1 Å². The van der Waals surface area contributed by atoms with Crippen molar-refractivity contribution in [2.75, 3.05) is 23.0 Å². The number of benzene rings is 2. The number of anilines is 2. The fourth-order valence-electron chi connectivity index (χ4n) is 3.52. The molecule has 1 N–H and O–H groups in total. The Kier molecular flexibility index (Phi) is 5.11. The Hall–Kier alpha value is -2.78. The number of aromatic nitrogens is 1. The molecule has 30 heavy (non-hydrogen) atoms. The van der Waals surface area contributed by atoms with Crippen molar-refractivity contribution in [3.05, 3.63) is 47.5 Å². The van der Waals surface area contributed by atoms with Crippen LogP contribution in [0.1, 0.15) is 17.5 Å². The van der Waals surface area contributed by atoms with Crippen LogP contribution in [0.3, 0.4) is 0 Å². The monoisotopic (exact) mass is 443 g/mol. The molecular formula is C21H21N3O4S2. The van der Waals surface area contributed by atoms with E-state index >= 15 is 0 Å². The first-order valence-corrected chi connectivity index (χ1v) is 12.1. The number of amides is 2. The lowest BCUT2D eigenvalue weighted by Gasteiger charge is -2.19. The summed E-state index contributed by atoms with van der Waals surface area (Å²) in [5.41, 5.74) is 3.49. The largest absolute Gasteiger partial charge is 0.311 e. The fraction of sp³-hybridized carbons (Fsp3) is 0.286. The Morgan fingerprint density at radius 1 is 1.20 bits per heavy atom. The molecule has 3 aromatic rings. The number of nitrogens with zero attached hydrogens (tertiary/aromatic N) is 2. The van der Waals surface area contributed by atoms with E-state index in [1.54, 1.807) is 17.0 Å². The SMILES string of the molecule is Cc1ccc(C)c(N2CC(C(=O)Nc3nc4ccc(S(C)(=O)=O)cc4s3)CC2=O)c1. The zero-order valence-electron chi connectivity index (χ0n) is 16.8. The maximum atomic E-state index is 12.8. The minimum atomic E-state index is -3.32. The third kappa shape index (κ3) is 3.95. The molecule has 1 saturated heterocycles. The van der Waals surface area contributed by atoms with Gasteiger partial charge in [-0.15, -0.1) is 0 Å². The van der Waals surface area contributed by atoms with Gasteiger partial charge in [-0.05, 0) is 49.2 Å². The molecule has 1 aromatic heterocycles. The van der Waals surface area contributed by atoms with Crippen LogP contribution in [0.25, 0.3) is 10.2 Å². The van der Waals surface area contributed by atoms with Crippen molar-refractivity contribution >= 4 is 54.0 Å². The van der Waals surface area contributed by atoms with E-state index in [-0.39, 0.29) is 23.1 Å². The number of fused-ring (bicyclic) bond motifs is 1. The highest BCUT2D eigenvalue weighted by Gasteiger charge is 2.36. The van der Waals surface area contributed by atoms with Crippen LogP contribution < -0.4 is 10.2 Å². The van der Waals surface area contributed by atoms with E-state index in [1.165, 1.54) is 17.4 Å². The van der Waals surface area contributed by atoms with Gasteiger partial charge in [0.25, 0.3) is 0 Å². The molecule has 4 rings (SSSR count). The third-order valence-electron chi connectivity index (χ3n) is 5.17. The molecule has 0 saturated carbocycles. The second kappa shape index (κ2) is 7.48. The van der Waals surface area contributed by atoms with Gasteiger partial charge in [0.15, 0.2) is 15.0 Å². The normalized spacial score (nSPS) is 17.0. The summed E-state index contributed by atoms with van der Waals surface area (Å²) in [5.74, 6) is -0.819. The van der Waals surface area contributed by atoms with Crippen molar-refractivity contribution in [3.8, 4) is 0 Å². The lowest BCUT2D eigenvalue weighted by molar-refractivity contribution is -0.122. The zero-order valence-corrected chi connectivity index (χ0v) is 18.4. The standard InChI is InChI=1S/C21H21N3O4S2/c1-12-4-5-13(2)17(8-12)24-11-14(9-19(24)25)20(26)23-21-22-16-7-6-15(30(3,27)28)10-18(16)29-21/h4-8,10,14H,9,11H2,1-3H3,(H,22,23,26). The van der Waals surface area contributed by atoms with Gasteiger partial charge in [0.05, 0.1) is 21.0 Å². The van der Waals surface area contributed by atoms with Crippen molar-refractivity contribution in [1.29, 1.82) is 0 Å². The molecule has 1 atom stereocenters. The number of nitrogens with one attached hydrogen (secondary N) is 1. The second-order valence-corrected chi connectivity index (χ2v) is 10.7. The van der Waals surface area contributed by atoms with E-state index < -0.39 is 15.8 Å². The van der Waals surface area contributed by atoms with Gasteiger partial charge in [-0.3, -0.25) is 9.59 Å². The quantitative estimate of drug-likeness (QED) is 0.667. The minimum Gasteiger partial charge on any atom is -0.311 e. The number of carbonyl (C=O) groups is 2. The Morgan fingerprint density at radius 2 is 1.97 bits per heavy atom. The predicted molar refractivity (Wildman–Crippen MR) is 118 cm³/mol. The molecule has 0 aliphatic carbocycles. The molecule has 0 radical (unpaired) electrons. The van der Waals surface area contributed by atoms with Gasteiger partial charge >= 0.3 is 0 Å². The van der Waals surface area contributed by atoms with Crippen LogP contribution in [-0.4, -0.2) is 38.0 Å². The number of carbonyl (C=O) groups excluding carboxylic acids is 2. The second-order valence-electron chi connectivity index (χ2n) is 7.61. The van der Waals surface area contributed by atoms with Crippen molar-refractivity contribution in [2.45, 2.75) is 25.2 Å². The highest BCUT2D eigenvalue weighted by atomic mass is 32.2. The zero-order chi connectivity index (χ0) is 21.6. The molecule has 1 fully saturated rings. The molecule has 0 spiro atoms. The summed E-state index contributed by atoms with van der Waals surface area (Å²) in [6, 6.07) is 10.6. The van der Waals surface area contributed by atoms with Gasteiger partial charge < -0.3 is 10.2 Å². The average molecular weight is 444 g/mol. The first kappa shape index (κ1) is 20.5. The number of hydrogen-bond donors (Lipinski definition) is 1. The molecule has 7 nitrogen and oxygen atoms in total. The molecule has 1 unspecified atom stereocenters. The molecule has 2 heterocycles. The average Bonchev–Trinajstić information content (AvgIpc) is 3.25. The maximum Gasteiger partial charge on any atom is 0.231 e. The highest BCUT2D eigenvalue weighted by molar-refractivity contribution is 7.90. The van der Waals surface area contributed by atoms with Crippen LogP contribution in [-0.2, 0) is 19.4 Å². The van der Waals surface area contributed by atoms with Gasteiger partial charge in [0.2, 0.25) is 11.8 Å². The Labute approximate surface area is 178 Å². The molecular weight excluding hydrogens is 422 g/mol. The molecule has 156 valence electrons. The smallest absolute Gasteiger partial charge is 0.231 e.